The third kappa shape index (κ3) is 4.62. The normalized spacial score (nSPS) is 37.5. The molecule has 2 aliphatic rings. The summed E-state index contributed by atoms with van der Waals surface area (Å²) in [6, 6.07) is 0. The zero-order valence-electron chi connectivity index (χ0n) is 13.0. The molecule has 2 rings (SSSR count). The Morgan fingerprint density at radius 1 is 1.13 bits per heavy atom. The summed E-state index contributed by atoms with van der Waals surface area (Å²) < 4.78 is 10.3. The van der Waals surface area contributed by atoms with E-state index in [9.17, 15) is 25.2 Å². The predicted octanol–water partition coefficient (Wildman–Crippen LogP) is -0.773. The summed E-state index contributed by atoms with van der Waals surface area (Å²) in [5, 5.41) is 48.1. The second-order valence-corrected chi connectivity index (χ2v) is 6.40. The lowest BCUT2D eigenvalue weighted by Crippen LogP contribution is -2.60. The Bertz CT molecular complexity index is 384. The maximum atomic E-state index is 11.5. The van der Waals surface area contributed by atoms with Crippen molar-refractivity contribution < 1.29 is 39.8 Å². The maximum Gasteiger partial charge on any atom is 0.332 e. The van der Waals surface area contributed by atoms with Gasteiger partial charge in [0.2, 0.25) is 0 Å². The van der Waals surface area contributed by atoms with Crippen molar-refractivity contribution in [3.63, 3.8) is 0 Å². The van der Waals surface area contributed by atoms with Crippen LogP contribution in [0, 0.1) is 5.92 Å². The van der Waals surface area contributed by atoms with E-state index in [0.717, 1.165) is 32.1 Å². The molecule has 0 radical (unpaired) electrons. The van der Waals surface area contributed by atoms with Crippen molar-refractivity contribution in [3.8, 4) is 0 Å². The van der Waals surface area contributed by atoms with Crippen LogP contribution in [0.3, 0.4) is 0 Å². The number of carboxylic acids is 1. The van der Waals surface area contributed by atoms with Gasteiger partial charge in [0.1, 0.15) is 24.4 Å². The molecule has 0 bridgehead atoms. The lowest BCUT2D eigenvalue weighted by atomic mass is 9.85. The lowest BCUT2D eigenvalue weighted by molar-refractivity contribution is -0.300. The molecule has 0 amide bonds. The van der Waals surface area contributed by atoms with Crippen LogP contribution in [-0.2, 0) is 14.3 Å². The van der Waals surface area contributed by atoms with Crippen molar-refractivity contribution in [2.24, 2.45) is 5.92 Å². The van der Waals surface area contributed by atoms with Gasteiger partial charge in [0.05, 0.1) is 6.61 Å². The number of carboxylic acid groups (broad SMARTS) is 1. The molecule has 134 valence electrons. The first-order valence-electron chi connectivity index (χ1n) is 8.12. The average Bonchev–Trinajstić information content (AvgIpc) is 2.54. The number of rotatable bonds is 6. The zero-order chi connectivity index (χ0) is 17.0. The van der Waals surface area contributed by atoms with Crippen molar-refractivity contribution in [2.75, 3.05) is 6.61 Å². The molecular formula is C15H26O8. The van der Waals surface area contributed by atoms with Gasteiger partial charge >= 0.3 is 5.97 Å². The summed E-state index contributed by atoms with van der Waals surface area (Å²) in [7, 11) is 0. The Morgan fingerprint density at radius 3 is 2.35 bits per heavy atom. The van der Waals surface area contributed by atoms with Crippen molar-refractivity contribution in [3.05, 3.63) is 0 Å². The van der Waals surface area contributed by atoms with Gasteiger partial charge in [-0.3, -0.25) is 0 Å². The van der Waals surface area contributed by atoms with E-state index in [4.69, 9.17) is 14.6 Å². The van der Waals surface area contributed by atoms with Crippen LogP contribution in [0.2, 0.25) is 0 Å². The third-order valence-electron chi connectivity index (χ3n) is 4.71. The van der Waals surface area contributed by atoms with Crippen LogP contribution in [0.5, 0.6) is 0 Å². The number of hydrogen-bond acceptors (Lipinski definition) is 7. The number of carbonyl (C=O) groups is 1. The molecule has 8 nitrogen and oxygen atoms in total. The van der Waals surface area contributed by atoms with Gasteiger partial charge in [0, 0.05) is 0 Å². The van der Waals surface area contributed by atoms with E-state index in [0.29, 0.717) is 6.42 Å². The van der Waals surface area contributed by atoms with E-state index in [2.05, 4.69) is 0 Å². The molecule has 2 fully saturated rings. The monoisotopic (exact) mass is 334 g/mol. The van der Waals surface area contributed by atoms with Crippen LogP contribution in [0.1, 0.15) is 38.5 Å². The van der Waals surface area contributed by atoms with Crippen molar-refractivity contribution >= 4 is 5.97 Å². The summed E-state index contributed by atoms with van der Waals surface area (Å²) in [5.74, 6) is -0.936. The highest BCUT2D eigenvalue weighted by molar-refractivity contribution is 5.72. The Labute approximate surface area is 134 Å². The maximum absolute atomic E-state index is 11.5. The minimum absolute atomic E-state index is 0.234. The molecule has 0 aromatic heterocycles. The highest BCUT2D eigenvalue weighted by atomic mass is 16.6. The van der Waals surface area contributed by atoms with E-state index >= 15 is 0 Å². The highest BCUT2D eigenvalue weighted by Gasteiger charge is 2.46. The van der Waals surface area contributed by atoms with E-state index in [-0.39, 0.29) is 5.92 Å². The number of hydrogen-bond donors (Lipinski definition) is 5. The molecule has 23 heavy (non-hydrogen) atoms. The molecule has 0 aromatic rings. The quantitative estimate of drug-likeness (QED) is 0.427. The topological polar surface area (TPSA) is 137 Å². The fourth-order valence-electron chi connectivity index (χ4n) is 3.36. The number of aliphatic hydroxyl groups excluding tert-OH is 4. The van der Waals surface area contributed by atoms with Gasteiger partial charge in [-0.1, -0.05) is 32.1 Å². The first-order chi connectivity index (χ1) is 10.9. The number of aliphatic hydroxyl groups is 4. The largest absolute Gasteiger partial charge is 0.479 e. The molecule has 0 spiro atoms. The summed E-state index contributed by atoms with van der Waals surface area (Å²) in [6.45, 7) is -0.578. The lowest BCUT2D eigenvalue weighted by Gasteiger charge is -2.41. The fraction of sp³-hybridized carbons (Fsp3) is 0.933. The Kier molecular flexibility index (Phi) is 6.75. The van der Waals surface area contributed by atoms with E-state index in [1.807, 2.05) is 0 Å². The molecule has 1 aliphatic carbocycles. The number of ether oxygens (including phenoxy) is 2. The Balaban J connectivity index is 2.02. The van der Waals surface area contributed by atoms with Gasteiger partial charge in [0.15, 0.2) is 12.4 Å². The summed E-state index contributed by atoms with van der Waals surface area (Å²) >= 11 is 0. The summed E-state index contributed by atoms with van der Waals surface area (Å²) in [5.41, 5.74) is 0. The molecule has 1 heterocycles. The van der Waals surface area contributed by atoms with Crippen LogP contribution in [0.4, 0.5) is 0 Å². The smallest absolute Gasteiger partial charge is 0.332 e. The molecule has 6 atom stereocenters. The van der Waals surface area contributed by atoms with Gasteiger partial charge in [0.25, 0.3) is 0 Å². The summed E-state index contributed by atoms with van der Waals surface area (Å²) in [6.07, 6.45) is -2.86. The molecule has 1 saturated heterocycles. The second kappa shape index (κ2) is 8.36. The molecule has 1 saturated carbocycles. The standard InChI is InChI=1S/C15H26O8/c16-7-10-11(17)13(12(18)15(21)23-10)22-9(14(19)20)6-8-4-2-1-3-5-8/h8-13,15-18,21H,1-7H2,(H,19,20)/t9?,10-,11+,12-,13+,15?/m1/s1. The van der Waals surface area contributed by atoms with Crippen molar-refractivity contribution in [1.82, 2.24) is 0 Å². The van der Waals surface area contributed by atoms with E-state index < -0.39 is 49.4 Å². The third-order valence-corrected chi connectivity index (χ3v) is 4.71. The van der Waals surface area contributed by atoms with Gasteiger partial charge < -0.3 is 35.0 Å². The van der Waals surface area contributed by atoms with Crippen LogP contribution < -0.4 is 0 Å². The van der Waals surface area contributed by atoms with Crippen LogP contribution in [-0.4, -0.2) is 74.9 Å². The number of aliphatic carboxylic acids is 1. The van der Waals surface area contributed by atoms with Crippen molar-refractivity contribution in [1.29, 1.82) is 0 Å². The first-order valence-corrected chi connectivity index (χ1v) is 8.12. The SMILES string of the molecule is O=C(O)C(CC1CCCCC1)O[C@H]1[C@@H](O)[C@@H](CO)OC(O)[C@@H]1O. The molecule has 1 aliphatic heterocycles. The van der Waals surface area contributed by atoms with Gasteiger partial charge in [-0.05, 0) is 12.3 Å². The second-order valence-electron chi connectivity index (χ2n) is 6.40. The van der Waals surface area contributed by atoms with Gasteiger partial charge in [-0.25, -0.2) is 4.79 Å². The van der Waals surface area contributed by atoms with Gasteiger partial charge in [-0.2, -0.15) is 0 Å². The molecule has 2 unspecified atom stereocenters. The Hall–Kier alpha value is -0.770. The van der Waals surface area contributed by atoms with Crippen molar-refractivity contribution in [2.45, 2.75) is 75.3 Å². The van der Waals surface area contributed by atoms with E-state index in [1.165, 1.54) is 0 Å². The fourth-order valence-corrected chi connectivity index (χ4v) is 3.36. The molecule has 5 N–H and O–H groups in total. The molecular weight excluding hydrogens is 308 g/mol. The van der Waals surface area contributed by atoms with E-state index in [1.54, 1.807) is 0 Å². The highest BCUT2D eigenvalue weighted by Crippen LogP contribution is 2.30. The first kappa shape index (κ1) is 18.6. The minimum Gasteiger partial charge on any atom is -0.479 e. The van der Waals surface area contributed by atoms with Crippen LogP contribution >= 0.6 is 0 Å². The average molecular weight is 334 g/mol. The minimum atomic E-state index is -1.65. The zero-order valence-corrected chi connectivity index (χ0v) is 13.0. The molecule has 8 heteroatoms. The Morgan fingerprint density at radius 2 is 1.78 bits per heavy atom. The summed E-state index contributed by atoms with van der Waals surface area (Å²) in [4.78, 5) is 11.5. The molecule has 0 aromatic carbocycles. The predicted molar refractivity (Wildman–Crippen MR) is 77.5 cm³/mol. The van der Waals surface area contributed by atoms with Crippen LogP contribution in [0.15, 0.2) is 0 Å². The van der Waals surface area contributed by atoms with Gasteiger partial charge in [-0.15, -0.1) is 0 Å². The van der Waals surface area contributed by atoms with Crippen LogP contribution in [0.25, 0.3) is 0 Å².